The number of carbonyl (C=O) groups is 1. The highest BCUT2D eigenvalue weighted by Crippen LogP contribution is 2.53. The van der Waals surface area contributed by atoms with Gasteiger partial charge in [-0.25, -0.2) is 9.50 Å². The number of piperidine rings is 1. The Kier molecular flexibility index (Phi) is 4.90. The van der Waals surface area contributed by atoms with Crippen molar-refractivity contribution in [1.82, 2.24) is 24.5 Å². The van der Waals surface area contributed by atoms with Crippen LogP contribution in [-0.2, 0) is 4.79 Å². The fraction of sp³-hybridized carbons (Fsp3) is 0.500. The third kappa shape index (κ3) is 3.08. The van der Waals surface area contributed by atoms with Crippen LogP contribution in [0.5, 0.6) is 0 Å². The average Bonchev–Trinajstić information content (AvgIpc) is 3.57. The first-order valence-corrected chi connectivity index (χ1v) is 13.0. The Morgan fingerprint density at radius 2 is 2.03 bits per heavy atom. The highest BCUT2D eigenvalue weighted by molar-refractivity contribution is 7.19. The lowest BCUT2D eigenvalue weighted by atomic mass is 9.88. The zero-order valence-electron chi connectivity index (χ0n) is 20.5. The number of aromatic amines is 1. The van der Waals surface area contributed by atoms with Crippen molar-refractivity contribution in [3.8, 4) is 11.3 Å². The molecule has 2 fully saturated rings. The summed E-state index contributed by atoms with van der Waals surface area (Å²) in [6, 6.07) is 0.488. The Morgan fingerprint density at radius 3 is 2.71 bits per heavy atom. The number of nitrogens with one attached hydrogen (secondary N) is 1. The number of thiophene rings is 1. The highest BCUT2D eigenvalue weighted by Gasteiger charge is 2.46. The predicted octanol–water partition coefficient (Wildman–Crippen LogP) is 4.65. The first kappa shape index (κ1) is 21.8. The summed E-state index contributed by atoms with van der Waals surface area (Å²) in [6.07, 6.45) is 6.05. The lowest BCUT2D eigenvalue weighted by Crippen LogP contribution is -2.40. The van der Waals surface area contributed by atoms with E-state index in [-0.39, 0.29) is 5.91 Å². The molecule has 4 aromatic heterocycles. The zero-order valence-corrected chi connectivity index (χ0v) is 21.3. The summed E-state index contributed by atoms with van der Waals surface area (Å²) in [6.45, 7) is 12.6. The van der Waals surface area contributed by atoms with Gasteiger partial charge in [-0.05, 0) is 73.6 Å². The molecule has 8 heteroatoms. The first-order valence-electron chi connectivity index (χ1n) is 12.2. The van der Waals surface area contributed by atoms with Gasteiger partial charge in [0, 0.05) is 34.6 Å². The largest absolute Gasteiger partial charge is 0.369 e. The number of carbonyl (C=O) groups excluding carboxylic acids is 1. The van der Waals surface area contributed by atoms with E-state index in [4.69, 9.17) is 5.73 Å². The lowest BCUT2D eigenvalue weighted by Gasteiger charge is -2.30. The van der Waals surface area contributed by atoms with Crippen LogP contribution in [0, 0.1) is 26.7 Å². The Hall–Kier alpha value is -2.71. The van der Waals surface area contributed by atoms with Gasteiger partial charge in [-0.2, -0.15) is 5.10 Å². The second-order valence-corrected chi connectivity index (χ2v) is 11.6. The molecule has 5 heterocycles. The molecule has 1 aliphatic heterocycles. The number of aromatic nitrogens is 4. The molecule has 0 spiro atoms. The zero-order chi connectivity index (χ0) is 23.9. The van der Waals surface area contributed by atoms with Gasteiger partial charge < -0.3 is 10.7 Å². The van der Waals surface area contributed by atoms with Crippen molar-refractivity contribution in [2.75, 3.05) is 13.1 Å². The van der Waals surface area contributed by atoms with E-state index < -0.39 is 0 Å². The van der Waals surface area contributed by atoms with Gasteiger partial charge in [-0.15, -0.1) is 11.3 Å². The second kappa shape index (κ2) is 7.65. The van der Waals surface area contributed by atoms with Crippen LogP contribution < -0.4 is 5.73 Å². The van der Waals surface area contributed by atoms with Crippen molar-refractivity contribution in [2.45, 2.75) is 65.3 Å². The van der Waals surface area contributed by atoms with Crippen molar-refractivity contribution in [2.24, 2.45) is 11.7 Å². The maximum atomic E-state index is 11.4. The quantitative estimate of drug-likeness (QED) is 0.438. The van der Waals surface area contributed by atoms with Crippen molar-refractivity contribution < 1.29 is 4.79 Å². The fourth-order valence-electron chi connectivity index (χ4n) is 6.61. The monoisotopic (exact) mass is 476 g/mol. The van der Waals surface area contributed by atoms with E-state index in [9.17, 15) is 4.79 Å². The maximum absolute atomic E-state index is 11.4. The van der Waals surface area contributed by atoms with Gasteiger partial charge >= 0.3 is 0 Å². The molecule has 0 aromatic carbocycles. The molecular weight excluding hydrogens is 444 g/mol. The van der Waals surface area contributed by atoms with Gasteiger partial charge in [-0.3, -0.25) is 9.69 Å². The van der Waals surface area contributed by atoms with Crippen LogP contribution in [0.1, 0.15) is 65.7 Å². The summed E-state index contributed by atoms with van der Waals surface area (Å²) >= 11 is 1.94. The number of nitrogens with two attached hydrogens (primary N) is 1. The summed E-state index contributed by atoms with van der Waals surface area (Å²) in [5.41, 5.74) is 14.0. The van der Waals surface area contributed by atoms with Gasteiger partial charge in [0.2, 0.25) is 5.91 Å². The Balaban J connectivity index is 1.43. The number of amides is 1. The molecule has 178 valence electrons. The molecule has 34 heavy (non-hydrogen) atoms. The topological polar surface area (TPSA) is 92.3 Å². The molecule has 1 saturated heterocycles. The molecule has 2 aliphatic rings. The van der Waals surface area contributed by atoms with Crippen LogP contribution in [0.2, 0.25) is 0 Å². The number of aryl methyl sites for hydroxylation is 2. The number of hydrogen-bond donors (Lipinski definition) is 2. The number of primary amides is 1. The molecule has 6 rings (SSSR count). The minimum atomic E-state index is -0.214. The molecule has 3 atom stereocenters. The lowest BCUT2D eigenvalue weighted by molar-refractivity contribution is -0.119. The van der Waals surface area contributed by atoms with Gasteiger partial charge in [0.1, 0.15) is 11.2 Å². The van der Waals surface area contributed by atoms with E-state index in [1.165, 1.54) is 55.0 Å². The number of nitrogens with zero attached hydrogens (tertiary/aromatic N) is 4. The van der Waals surface area contributed by atoms with Gasteiger partial charge in [0.05, 0.1) is 12.2 Å². The second-order valence-electron chi connectivity index (χ2n) is 10.6. The standard InChI is InChI=1S/C26H32N6OS/c1-12(2)21-22-15(5)24(18-7-17-6-16(18)8-31(17)10-20(27)33)34-26(22)30-23(21)19-9-32-25(28-11-29-32)14(4)13(19)3/h9,11-12,16-18,30H,6-8,10H2,1-5H3,(H2,27,33)/t16-,17-,18-/m0/s1. The van der Waals surface area contributed by atoms with Gasteiger partial charge in [0.25, 0.3) is 0 Å². The highest BCUT2D eigenvalue weighted by atomic mass is 32.1. The minimum absolute atomic E-state index is 0.214. The SMILES string of the molecule is Cc1c(-c2[nH]c3sc([C@H]4C[C@@H]5C[C@H]4CN5CC(N)=O)c(C)c3c2C(C)C)cn2ncnc2c1C. The molecule has 4 aromatic rings. The van der Waals surface area contributed by atoms with Crippen molar-refractivity contribution >= 4 is 33.1 Å². The van der Waals surface area contributed by atoms with E-state index in [0.717, 1.165) is 18.6 Å². The van der Waals surface area contributed by atoms with Crippen molar-refractivity contribution in [3.05, 3.63) is 39.7 Å². The van der Waals surface area contributed by atoms with E-state index in [1.807, 2.05) is 15.9 Å². The number of rotatable bonds is 5. The van der Waals surface area contributed by atoms with Gasteiger partial charge in [-0.1, -0.05) is 13.8 Å². The third-order valence-electron chi connectivity index (χ3n) is 8.28. The van der Waals surface area contributed by atoms with Gasteiger partial charge in [0.15, 0.2) is 5.65 Å². The number of pyridine rings is 1. The van der Waals surface area contributed by atoms with Crippen LogP contribution in [0.3, 0.4) is 0 Å². The number of hydrogen-bond acceptors (Lipinski definition) is 5. The van der Waals surface area contributed by atoms with Crippen LogP contribution >= 0.6 is 11.3 Å². The molecule has 0 unspecified atom stereocenters. The Labute approximate surface area is 203 Å². The average molecular weight is 477 g/mol. The molecule has 1 amide bonds. The first-order chi connectivity index (χ1) is 16.2. The van der Waals surface area contributed by atoms with E-state index in [1.54, 1.807) is 6.33 Å². The minimum Gasteiger partial charge on any atom is -0.369 e. The summed E-state index contributed by atoms with van der Waals surface area (Å²) in [5.74, 6) is 1.38. The Morgan fingerprint density at radius 1 is 1.24 bits per heavy atom. The molecule has 1 aliphatic carbocycles. The fourth-order valence-corrected chi connectivity index (χ4v) is 8.04. The Bertz CT molecular complexity index is 1440. The molecule has 3 N–H and O–H groups in total. The van der Waals surface area contributed by atoms with Crippen molar-refractivity contribution in [3.63, 3.8) is 0 Å². The smallest absolute Gasteiger partial charge is 0.231 e. The number of likely N-dealkylation sites (tertiary alicyclic amines) is 1. The number of fused-ring (bicyclic) bond motifs is 4. The molecule has 0 radical (unpaired) electrons. The van der Waals surface area contributed by atoms with Crippen LogP contribution in [0.15, 0.2) is 12.5 Å². The third-order valence-corrected chi connectivity index (χ3v) is 9.62. The van der Waals surface area contributed by atoms with E-state index >= 15 is 0 Å². The number of H-pyrrole nitrogens is 1. The molecule has 1 saturated carbocycles. The molecule has 2 bridgehead atoms. The van der Waals surface area contributed by atoms with Crippen LogP contribution in [0.4, 0.5) is 0 Å². The summed E-state index contributed by atoms with van der Waals surface area (Å²) in [4.78, 5) is 24.8. The predicted molar refractivity (Wildman–Crippen MR) is 136 cm³/mol. The molecule has 7 nitrogen and oxygen atoms in total. The normalized spacial score (nSPS) is 22.7. The van der Waals surface area contributed by atoms with Crippen molar-refractivity contribution in [1.29, 1.82) is 0 Å². The molecular formula is C26H32N6OS. The summed E-state index contributed by atoms with van der Waals surface area (Å²) in [7, 11) is 0. The summed E-state index contributed by atoms with van der Waals surface area (Å²) < 4.78 is 1.89. The maximum Gasteiger partial charge on any atom is 0.231 e. The van der Waals surface area contributed by atoms with Crippen LogP contribution in [-0.4, -0.2) is 49.5 Å². The van der Waals surface area contributed by atoms with E-state index in [2.05, 4.69) is 60.8 Å². The summed E-state index contributed by atoms with van der Waals surface area (Å²) in [5, 5.41) is 5.81. The van der Waals surface area contributed by atoms with E-state index in [0.29, 0.717) is 30.3 Å². The van der Waals surface area contributed by atoms with Crippen LogP contribution in [0.25, 0.3) is 27.1 Å².